The van der Waals surface area contributed by atoms with Crippen LogP contribution in [0.3, 0.4) is 0 Å². The van der Waals surface area contributed by atoms with Crippen LogP contribution in [0.25, 0.3) is 0 Å². The maximum atomic E-state index is 10.6. The van der Waals surface area contributed by atoms with Crippen LogP contribution in [0.4, 0.5) is 5.69 Å². The molecule has 82 valence electrons. The number of ether oxygens (including phenoxy) is 1. The summed E-state index contributed by atoms with van der Waals surface area (Å²) in [4.78, 5) is 10.6. The Labute approximate surface area is 87.3 Å². The third-order valence-electron chi connectivity index (χ3n) is 1.91. The molecule has 0 radical (unpaired) electrons. The van der Waals surface area contributed by atoms with Crippen LogP contribution in [0.15, 0.2) is 24.3 Å². The summed E-state index contributed by atoms with van der Waals surface area (Å²) < 4.78 is 4.95. The summed E-state index contributed by atoms with van der Waals surface area (Å²) in [5.74, 6) is -0.398. The van der Waals surface area contributed by atoms with Crippen LogP contribution in [0.2, 0.25) is 0 Å². The van der Waals surface area contributed by atoms with E-state index in [1.807, 2.05) is 0 Å². The number of methoxy groups -OCH3 is 1. The van der Waals surface area contributed by atoms with E-state index in [0.717, 1.165) is 0 Å². The van der Waals surface area contributed by atoms with E-state index in [9.17, 15) is 4.79 Å². The lowest BCUT2D eigenvalue weighted by Crippen LogP contribution is -2.32. The van der Waals surface area contributed by atoms with E-state index in [4.69, 9.17) is 14.9 Å². The van der Waals surface area contributed by atoms with E-state index in [2.05, 4.69) is 5.32 Å². The van der Waals surface area contributed by atoms with Crippen LogP contribution in [-0.2, 0) is 4.79 Å². The number of carbonyl (C=O) groups is 1. The monoisotopic (exact) mass is 211 g/mol. The number of nitrogens with one attached hydrogen (secondary N) is 1. The Morgan fingerprint density at radius 3 is 2.47 bits per heavy atom. The van der Waals surface area contributed by atoms with Crippen LogP contribution >= 0.6 is 0 Å². The molecule has 1 aromatic carbocycles. The Balaban J connectivity index is 2.67. The van der Waals surface area contributed by atoms with Crippen molar-refractivity contribution in [1.29, 1.82) is 0 Å². The molecular formula is C10H13NO4. The van der Waals surface area contributed by atoms with Gasteiger partial charge in [-0.3, -0.25) is 0 Å². The maximum Gasteiger partial charge on any atom is 0.328 e. The highest BCUT2D eigenvalue weighted by molar-refractivity contribution is 5.77. The predicted molar refractivity (Wildman–Crippen MR) is 55.1 cm³/mol. The minimum atomic E-state index is -1.09. The second kappa shape index (κ2) is 5.21. The zero-order valence-corrected chi connectivity index (χ0v) is 8.30. The van der Waals surface area contributed by atoms with Crippen molar-refractivity contribution < 1.29 is 19.7 Å². The van der Waals surface area contributed by atoms with Gasteiger partial charge in [-0.2, -0.15) is 0 Å². The molecule has 0 saturated heterocycles. The Morgan fingerprint density at radius 2 is 2.07 bits per heavy atom. The van der Waals surface area contributed by atoms with Gasteiger partial charge in [-0.1, -0.05) is 0 Å². The first kappa shape index (κ1) is 11.3. The van der Waals surface area contributed by atoms with Gasteiger partial charge in [0.1, 0.15) is 11.8 Å². The SMILES string of the molecule is COc1ccc(NC(CO)C(=O)O)cc1. The zero-order valence-electron chi connectivity index (χ0n) is 8.30. The third kappa shape index (κ3) is 3.14. The molecule has 0 heterocycles. The number of aliphatic carboxylic acids is 1. The van der Waals surface area contributed by atoms with Crippen molar-refractivity contribution in [3.8, 4) is 5.75 Å². The molecule has 3 N–H and O–H groups in total. The number of hydrogen-bond donors (Lipinski definition) is 3. The van der Waals surface area contributed by atoms with Gasteiger partial charge in [-0.05, 0) is 24.3 Å². The predicted octanol–water partition coefficient (Wildman–Crippen LogP) is 0.553. The summed E-state index contributed by atoms with van der Waals surface area (Å²) in [6, 6.07) is 5.80. The Morgan fingerprint density at radius 1 is 1.47 bits per heavy atom. The first-order valence-corrected chi connectivity index (χ1v) is 4.41. The topological polar surface area (TPSA) is 78.8 Å². The number of hydrogen-bond acceptors (Lipinski definition) is 4. The molecule has 5 heteroatoms. The van der Waals surface area contributed by atoms with Gasteiger partial charge >= 0.3 is 5.97 Å². The number of aliphatic hydroxyl groups excluding tert-OH is 1. The molecule has 1 aromatic rings. The van der Waals surface area contributed by atoms with Gasteiger partial charge in [0.15, 0.2) is 0 Å². The van der Waals surface area contributed by atoms with E-state index in [0.29, 0.717) is 11.4 Å². The molecule has 0 spiro atoms. The molecule has 0 fully saturated rings. The van der Waals surface area contributed by atoms with Gasteiger partial charge in [0.25, 0.3) is 0 Å². The molecule has 5 nitrogen and oxygen atoms in total. The van der Waals surface area contributed by atoms with Gasteiger partial charge in [-0.25, -0.2) is 4.79 Å². The lowest BCUT2D eigenvalue weighted by atomic mass is 10.2. The van der Waals surface area contributed by atoms with Crippen molar-refractivity contribution >= 4 is 11.7 Å². The second-order valence-electron chi connectivity index (χ2n) is 2.95. The number of benzene rings is 1. The van der Waals surface area contributed by atoms with Gasteiger partial charge < -0.3 is 20.3 Å². The van der Waals surface area contributed by atoms with E-state index in [1.54, 1.807) is 31.4 Å². The van der Waals surface area contributed by atoms with E-state index in [1.165, 1.54) is 0 Å². The van der Waals surface area contributed by atoms with Gasteiger partial charge in [0, 0.05) is 5.69 Å². The molecule has 1 rings (SSSR count). The number of aliphatic hydroxyl groups is 1. The van der Waals surface area contributed by atoms with Crippen LogP contribution in [-0.4, -0.2) is 35.9 Å². The smallest absolute Gasteiger partial charge is 0.328 e. The van der Waals surface area contributed by atoms with Crippen LogP contribution < -0.4 is 10.1 Å². The highest BCUT2D eigenvalue weighted by Gasteiger charge is 2.15. The summed E-state index contributed by atoms with van der Waals surface area (Å²) in [7, 11) is 1.55. The quantitative estimate of drug-likeness (QED) is 0.663. The van der Waals surface area contributed by atoms with Gasteiger partial charge in [0.2, 0.25) is 0 Å². The molecule has 0 saturated carbocycles. The van der Waals surface area contributed by atoms with E-state index in [-0.39, 0.29) is 0 Å². The van der Waals surface area contributed by atoms with Crippen LogP contribution in [0.1, 0.15) is 0 Å². The van der Waals surface area contributed by atoms with Crippen molar-refractivity contribution in [2.45, 2.75) is 6.04 Å². The fourth-order valence-electron chi connectivity index (χ4n) is 1.07. The van der Waals surface area contributed by atoms with Crippen molar-refractivity contribution in [2.75, 3.05) is 19.0 Å². The van der Waals surface area contributed by atoms with E-state index >= 15 is 0 Å². The summed E-state index contributed by atoms with van der Waals surface area (Å²) in [5.41, 5.74) is 0.622. The minimum Gasteiger partial charge on any atom is -0.497 e. The Hall–Kier alpha value is -1.75. The zero-order chi connectivity index (χ0) is 11.3. The molecule has 1 atom stereocenters. The highest BCUT2D eigenvalue weighted by atomic mass is 16.5. The number of carboxylic acid groups (broad SMARTS) is 1. The fraction of sp³-hybridized carbons (Fsp3) is 0.300. The lowest BCUT2D eigenvalue weighted by Gasteiger charge is -2.13. The van der Waals surface area contributed by atoms with Crippen molar-refractivity contribution in [3.63, 3.8) is 0 Å². The van der Waals surface area contributed by atoms with Crippen LogP contribution in [0, 0.1) is 0 Å². The molecular weight excluding hydrogens is 198 g/mol. The Bertz CT molecular complexity index is 323. The highest BCUT2D eigenvalue weighted by Crippen LogP contribution is 2.15. The Kier molecular flexibility index (Phi) is 3.93. The lowest BCUT2D eigenvalue weighted by molar-refractivity contribution is -0.138. The first-order chi connectivity index (χ1) is 7.17. The maximum absolute atomic E-state index is 10.6. The minimum absolute atomic E-state index is 0.457. The first-order valence-electron chi connectivity index (χ1n) is 4.41. The number of rotatable bonds is 5. The summed E-state index contributed by atoms with van der Waals surface area (Å²) in [5, 5.41) is 20.2. The molecule has 0 aliphatic carbocycles. The molecule has 0 aliphatic rings. The average molecular weight is 211 g/mol. The average Bonchev–Trinajstić information content (AvgIpc) is 2.26. The standard InChI is InChI=1S/C10H13NO4/c1-15-8-4-2-7(3-5-8)11-9(6-12)10(13)14/h2-5,9,11-12H,6H2,1H3,(H,13,14). The number of carboxylic acids is 1. The fourth-order valence-corrected chi connectivity index (χ4v) is 1.07. The largest absolute Gasteiger partial charge is 0.497 e. The molecule has 0 aliphatic heterocycles. The summed E-state index contributed by atoms with van der Waals surface area (Å²) in [6.07, 6.45) is 0. The second-order valence-corrected chi connectivity index (χ2v) is 2.95. The molecule has 15 heavy (non-hydrogen) atoms. The third-order valence-corrected chi connectivity index (χ3v) is 1.91. The molecule has 0 amide bonds. The van der Waals surface area contributed by atoms with Gasteiger partial charge in [-0.15, -0.1) is 0 Å². The summed E-state index contributed by atoms with van der Waals surface area (Å²) in [6.45, 7) is -0.457. The molecule has 0 aromatic heterocycles. The van der Waals surface area contributed by atoms with E-state index < -0.39 is 18.6 Å². The van der Waals surface area contributed by atoms with Crippen molar-refractivity contribution in [3.05, 3.63) is 24.3 Å². The normalized spacial score (nSPS) is 11.9. The van der Waals surface area contributed by atoms with Gasteiger partial charge in [0.05, 0.1) is 13.7 Å². The van der Waals surface area contributed by atoms with Crippen LogP contribution in [0.5, 0.6) is 5.75 Å². The molecule has 0 bridgehead atoms. The van der Waals surface area contributed by atoms with Crippen molar-refractivity contribution in [1.82, 2.24) is 0 Å². The number of anilines is 1. The molecule has 1 unspecified atom stereocenters. The summed E-state index contributed by atoms with van der Waals surface area (Å²) >= 11 is 0. The van der Waals surface area contributed by atoms with Crippen molar-refractivity contribution in [2.24, 2.45) is 0 Å².